The summed E-state index contributed by atoms with van der Waals surface area (Å²) in [5.74, 6) is 1.15. The minimum absolute atomic E-state index is 0.0397. The molecule has 1 heterocycles. The molecule has 1 aliphatic heterocycles. The van der Waals surface area contributed by atoms with Gasteiger partial charge in [0.25, 0.3) is 0 Å². The van der Waals surface area contributed by atoms with E-state index in [2.05, 4.69) is 19.2 Å². The minimum Gasteiger partial charge on any atom is -0.493 e. The van der Waals surface area contributed by atoms with Crippen LogP contribution in [0.4, 0.5) is 0 Å². The number of benzene rings is 1. The van der Waals surface area contributed by atoms with E-state index in [-0.39, 0.29) is 29.4 Å². The van der Waals surface area contributed by atoms with E-state index >= 15 is 0 Å². The Morgan fingerprint density at radius 2 is 1.96 bits per heavy atom. The highest BCUT2D eigenvalue weighted by molar-refractivity contribution is 6.02. The fraction of sp³-hybridized carbons (Fsp3) is 0.500. The van der Waals surface area contributed by atoms with Crippen LogP contribution in [-0.4, -0.2) is 25.4 Å². The van der Waals surface area contributed by atoms with Gasteiger partial charge in [0.2, 0.25) is 5.91 Å². The van der Waals surface area contributed by atoms with Crippen molar-refractivity contribution in [2.24, 2.45) is 5.41 Å². The van der Waals surface area contributed by atoms with E-state index in [1.54, 1.807) is 7.11 Å². The highest BCUT2D eigenvalue weighted by Crippen LogP contribution is 2.45. The van der Waals surface area contributed by atoms with Crippen molar-refractivity contribution in [3.63, 3.8) is 0 Å². The Balaban J connectivity index is 2.04. The average Bonchev–Trinajstić information content (AvgIpc) is 2.53. The Hall–Kier alpha value is -2.30. The van der Waals surface area contributed by atoms with E-state index in [0.717, 1.165) is 16.8 Å². The van der Waals surface area contributed by atoms with E-state index in [9.17, 15) is 9.59 Å². The maximum Gasteiger partial charge on any atom is 0.225 e. The maximum absolute atomic E-state index is 12.8. The smallest absolute Gasteiger partial charge is 0.225 e. The third-order valence-corrected chi connectivity index (χ3v) is 4.84. The highest BCUT2D eigenvalue weighted by Gasteiger charge is 2.40. The zero-order chi connectivity index (χ0) is 18.2. The third kappa shape index (κ3) is 3.41. The maximum atomic E-state index is 12.8. The van der Waals surface area contributed by atoms with Gasteiger partial charge in [-0.05, 0) is 36.5 Å². The van der Waals surface area contributed by atoms with Crippen molar-refractivity contribution in [3.8, 4) is 11.5 Å². The van der Waals surface area contributed by atoms with Gasteiger partial charge in [0.05, 0.1) is 13.7 Å². The number of Topliss-reactive ketones (excluding diaryl/α,β-unsaturated/α-hetero) is 1. The summed E-state index contributed by atoms with van der Waals surface area (Å²) in [4.78, 5) is 25.0. The molecule has 0 fully saturated rings. The summed E-state index contributed by atoms with van der Waals surface area (Å²) < 4.78 is 11.0. The molecular formula is C20H25NO4. The van der Waals surface area contributed by atoms with Crippen molar-refractivity contribution < 1.29 is 19.1 Å². The van der Waals surface area contributed by atoms with Gasteiger partial charge in [0.15, 0.2) is 17.3 Å². The second-order valence-electron chi connectivity index (χ2n) is 7.48. The van der Waals surface area contributed by atoms with E-state index in [1.165, 1.54) is 0 Å². The first-order valence-electron chi connectivity index (χ1n) is 8.71. The second kappa shape index (κ2) is 6.54. The summed E-state index contributed by atoms with van der Waals surface area (Å²) in [5, 5.41) is 2.93. The SMILES string of the molecule is CCOc1ccc([C@@H]2CC(=O)NC3=C2C(=O)CC(C)(C)C3)cc1OC. The van der Waals surface area contributed by atoms with Crippen LogP contribution in [0.1, 0.15) is 51.5 Å². The fourth-order valence-electron chi connectivity index (χ4n) is 3.82. The molecule has 1 amide bonds. The van der Waals surface area contributed by atoms with Crippen LogP contribution in [0.5, 0.6) is 11.5 Å². The molecule has 0 saturated carbocycles. The Bertz CT molecular complexity index is 748. The Morgan fingerprint density at radius 1 is 1.20 bits per heavy atom. The monoisotopic (exact) mass is 343 g/mol. The van der Waals surface area contributed by atoms with Gasteiger partial charge in [-0.25, -0.2) is 0 Å². The van der Waals surface area contributed by atoms with Gasteiger partial charge in [0, 0.05) is 30.0 Å². The van der Waals surface area contributed by atoms with Crippen molar-refractivity contribution in [1.29, 1.82) is 0 Å². The normalized spacial score (nSPS) is 22.3. The van der Waals surface area contributed by atoms with Crippen molar-refractivity contribution in [1.82, 2.24) is 5.32 Å². The first-order chi connectivity index (χ1) is 11.8. The minimum atomic E-state index is -0.225. The van der Waals surface area contributed by atoms with Crippen molar-refractivity contribution in [3.05, 3.63) is 35.0 Å². The number of carbonyl (C=O) groups excluding carboxylic acids is 2. The van der Waals surface area contributed by atoms with Crippen LogP contribution >= 0.6 is 0 Å². The molecule has 0 saturated heterocycles. The quantitative estimate of drug-likeness (QED) is 0.911. The molecule has 1 atom stereocenters. The molecule has 0 aromatic heterocycles. The number of amides is 1. The fourth-order valence-corrected chi connectivity index (χ4v) is 3.82. The Kier molecular flexibility index (Phi) is 4.58. The lowest BCUT2D eigenvalue weighted by Crippen LogP contribution is -2.40. The largest absolute Gasteiger partial charge is 0.493 e. The molecule has 0 radical (unpaired) electrons. The topological polar surface area (TPSA) is 64.6 Å². The van der Waals surface area contributed by atoms with Gasteiger partial charge in [-0.3, -0.25) is 9.59 Å². The molecule has 25 heavy (non-hydrogen) atoms. The number of hydrogen-bond donors (Lipinski definition) is 1. The van der Waals surface area contributed by atoms with Gasteiger partial charge in [0.1, 0.15) is 0 Å². The molecule has 5 heteroatoms. The predicted molar refractivity (Wildman–Crippen MR) is 94.7 cm³/mol. The Morgan fingerprint density at radius 3 is 2.64 bits per heavy atom. The van der Waals surface area contributed by atoms with E-state index < -0.39 is 0 Å². The third-order valence-electron chi connectivity index (χ3n) is 4.84. The molecule has 0 bridgehead atoms. The van der Waals surface area contributed by atoms with Gasteiger partial charge in [-0.15, -0.1) is 0 Å². The summed E-state index contributed by atoms with van der Waals surface area (Å²) in [6.45, 7) is 6.58. The van der Waals surface area contributed by atoms with Gasteiger partial charge >= 0.3 is 0 Å². The molecule has 1 N–H and O–H groups in total. The predicted octanol–water partition coefficient (Wildman–Crippen LogP) is 3.34. The molecule has 0 spiro atoms. The highest BCUT2D eigenvalue weighted by atomic mass is 16.5. The number of hydrogen-bond acceptors (Lipinski definition) is 4. The van der Waals surface area contributed by atoms with Gasteiger partial charge in [-0.1, -0.05) is 19.9 Å². The number of ketones is 1. The number of ether oxygens (including phenoxy) is 2. The van der Waals surface area contributed by atoms with E-state index in [0.29, 0.717) is 30.9 Å². The summed E-state index contributed by atoms with van der Waals surface area (Å²) in [6.07, 6.45) is 1.50. The van der Waals surface area contributed by atoms with Crippen LogP contribution < -0.4 is 14.8 Å². The van der Waals surface area contributed by atoms with E-state index in [1.807, 2.05) is 25.1 Å². The number of rotatable bonds is 4. The lowest BCUT2D eigenvalue weighted by atomic mass is 9.70. The Labute approximate surface area is 148 Å². The standard InChI is InChI=1S/C20H25NO4/c1-5-25-16-7-6-12(8-17(16)24-4)13-9-18(23)21-14-10-20(2,3)11-15(22)19(13)14/h6-8,13H,5,9-11H2,1-4H3,(H,21,23)/t13-/m0/s1. The zero-order valence-electron chi connectivity index (χ0n) is 15.3. The van der Waals surface area contributed by atoms with Crippen LogP contribution in [0, 0.1) is 5.41 Å². The molecule has 0 unspecified atom stereocenters. The summed E-state index contributed by atoms with van der Waals surface area (Å²) in [5.41, 5.74) is 2.33. The van der Waals surface area contributed by atoms with Gasteiger partial charge in [-0.2, -0.15) is 0 Å². The molecule has 1 aromatic carbocycles. The van der Waals surface area contributed by atoms with Crippen LogP contribution in [0.25, 0.3) is 0 Å². The van der Waals surface area contributed by atoms with Crippen LogP contribution in [0.3, 0.4) is 0 Å². The lowest BCUT2D eigenvalue weighted by molar-refractivity contribution is -0.122. The number of nitrogens with one attached hydrogen (secondary N) is 1. The first-order valence-corrected chi connectivity index (χ1v) is 8.71. The van der Waals surface area contributed by atoms with E-state index in [4.69, 9.17) is 9.47 Å². The number of allylic oxidation sites excluding steroid dienone is 2. The summed E-state index contributed by atoms with van der Waals surface area (Å²) >= 11 is 0. The zero-order valence-corrected chi connectivity index (χ0v) is 15.3. The molecule has 134 valence electrons. The summed E-state index contributed by atoms with van der Waals surface area (Å²) in [7, 11) is 1.59. The first kappa shape index (κ1) is 17.5. The molecule has 1 aliphatic carbocycles. The number of methoxy groups -OCH3 is 1. The van der Waals surface area contributed by atoms with Gasteiger partial charge < -0.3 is 14.8 Å². The molecular weight excluding hydrogens is 318 g/mol. The molecule has 5 nitrogen and oxygen atoms in total. The van der Waals surface area contributed by atoms with Crippen molar-refractivity contribution in [2.75, 3.05) is 13.7 Å². The van der Waals surface area contributed by atoms with Crippen LogP contribution in [-0.2, 0) is 9.59 Å². The second-order valence-corrected chi connectivity index (χ2v) is 7.48. The molecule has 3 rings (SSSR count). The average molecular weight is 343 g/mol. The van der Waals surface area contributed by atoms with Crippen LogP contribution in [0.15, 0.2) is 29.5 Å². The molecule has 1 aromatic rings. The van der Waals surface area contributed by atoms with Crippen molar-refractivity contribution >= 4 is 11.7 Å². The van der Waals surface area contributed by atoms with Crippen LogP contribution in [0.2, 0.25) is 0 Å². The van der Waals surface area contributed by atoms with Crippen molar-refractivity contribution in [2.45, 2.75) is 46.0 Å². The summed E-state index contributed by atoms with van der Waals surface area (Å²) in [6, 6.07) is 5.65. The lowest BCUT2D eigenvalue weighted by Gasteiger charge is -2.37. The molecule has 2 aliphatic rings. The number of carbonyl (C=O) groups is 2.